The van der Waals surface area contributed by atoms with Crippen molar-refractivity contribution in [3.05, 3.63) is 28.3 Å². The van der Waals surface area contributed by atoms with E-state index in [0.717, 1.165) is 19.3 Å². The molecule has 7 nitrogen and oxygen atoms in total. The van der Waals surface area contributed by atoms with Gasteiger partial charge in [-0.25, -0.2) is 0 Å². The molecule has 0 radical (unpaired) electrons. The van der Waals surface area contributed by atoms with Crippen molar-refractivity contribution < 1.29 is 14.5 Å². The van der Waals surface area contributed by atoms with Crippen LogP contribution in [0.15, 0.2) is 18.2 Å². The van der Waals surface area contributed by atoms with Crippen molar-refractivity contribution in [2.24, 2.45) is 0 Å². The first-order chi connectivity index (χ1) is 14.5. The van der Waals surface area contributed by atoms with Crippen molar-refractivity contribution in [1.29, 1.82) is 0 Å². The predicted octanol–water partition coefficient (Wildman–Crippen LogP) is 6.12. The van der Waals surface area contributed by atoms with E-state index < -0.39 is 4.92 Å². The fourth-order valence-corrected chi connectivity index (χ4v) is 3.42. The Morgan fingerprint density at radius 3 is 2.13 bits per heavy atom. The predicted molar refractivity (Wildman–Crippen MR) is 125 cm³/mol. The van der Waals surface area contributed by atoms with Crippen molar-refractivity contribution in [3.8, 4) is 5.75 Å². The maximum Gasteiger partial charge on any atom is 0.271 e. The lowest BCUT2D eigenvalue weighted by atomic mass is 10.1. The first-order valence-corrected chi connectivity index (χ1v) is 11.3. The van der Waals surface area contributed by atoms with E-state index in [9.17, 15) is 14.9 Å². The van der Waals surface area contributed by atoms with Gasteiger partial charge in [-0.15, -0.1) is 0 Å². The Balaban J connectivity index is 2.20. The molecule has 168 valence electrons. The van der Waals surface area contributed by atoms with E-state index in [1.165, 1.54) is 76.7 Å². The Bertz CT molecular complexity index is 682. The Labute approximate surface area is 185 Å². The van der Waals surface area contributed by atoms with E-state index in [0.29, 0.717) is 17.9 Å². The van der Waals surface area contributed by atoms with Gasteiger partial charge in [-0.2, -0.15) is 0 Å². The molecule has 0 bridgehead atoms. The number of methoxy groups -OCH3 is 1. The minimum atomic E-state index is -0.501. The summed E-state index contributed by atoms with van der Waals surface area (Å²) in [5.74, 6) is 0.246. The van der Waals surface area contributed by atoms with Crippen molar-refractivity contribution in [3.63, 3.8) is 0 Å². The van der Waals surface area contributed by atoms with Gasteiger partial charge in [-0.05, 0) is 24.7 Å². The zero-order valence-electron chi connectivity index (χ0n) is 18.2. The quantitative estimate of drug-likeness (QED) is 0.149. The largest absolute Gasteiger partial charge is 0.495 e. The van der Waals surface area contributed by atoms with Gasteiger partial charge in [0.25, 0.3) is 5.69 Å². The third-order valence-corrected chi connectivity index (χ3v) is 5.11. The average Bonchev–Trinajstić information content (AvgIpc) is 2.71. The lowest BCUT2D eigenvalue weighted by Gasteiger charge is -2.12. The number of hydrogen-bond acceptors (Lipinski definition) is 5. The number of rotatable bonds is 15. The number of ether oxygens (including phenoxy) is 1. The molecule has 1 rings (SSSR count). The Morgan fingerprint density at radius 1 is 1.03 bits per heavy atom. The molecule has 0 atom stereocenters. The van der Waals surface area contributed by atoms with Crippen LogP contribution in [0, 0.1) is 10.1 Å². The van der Waals surface area contributed by atoms with E-state index in [1.54, 1.807) is 0 Å². The van der Waals surface area contributed by atoms with Crippen molar-refractivity contribution in [1.82, 2.24) is 5.32 Å². The number of carbonyl (C=O) groups is 1. The number of thiocarbonyl (C=S) groups is 1. The number of non-ortho nitro benzene ring substituents is 1. The lowest BCUT2D eigenvalue weighted by molar-refractivity contribution is -0.384. The highest BCUT2D eigenvalue weighted by Crippen LogP contribution is 2.28. The third kappa shape index (κ3) is 11.1. The summed E-state index contributed by atoms with van der Waals surface area (Å²) in [5.41, 5.74) is 0.250. The van der Waals surface area contributed by atoms with E-state index in [2.05, 4.69) is 17.6 Å². The van der Waals surface area contributed by atoms with Crippen molar-refractivity contribution in [2.45, 2.75) is 84.0 Å². The molecule has 0 heterocycles. The summed E-state index contributed by atoms with van der Waals surface area (Å²) in [6.07, 6.45) is 13.9. The van der Waals surface area contributed by atoms with Crippen LogP contribution in [0.2, 0.25) is 0 Å². The zero-order valence-corrected chi connectivity index (χ0v) is 19.0. The number of nitro groups is 1. The van der Waals surface area contributed by atoms with Gasteiger partial charge in [-0.1, -0.05) is 71.1 Å². The molecule has 1 amide bonds. The van der Waals surface area contributed by atoms with Gasteiger partial charge >= 0.3 is 0 Å². The summed E-state index contributed by atoms with van der Waals surface area (Å²) < 4.78 is 5.17. The molecule has 0 unspecified atom stereocenters. The molecular formula is C22H35N3O4S. The van der Waals surface area contributed by atoms with Crippen LogP contribution < -0.4 is 15.4 Å². The van der Waals surface area contributed by atoms with Gasteiger partial charge in [0.15, 0.2) is 5.11 Å². The number of unbranched alkanes of at least 4 members (excludes halogenated alkanes) is 10. The summed E-state index contributed by atoms with van der Waals surface area (Å²) in [6, 6.07) is 4.15. The molecule has 1 aromatic carbocycles. The summed E-state index contributed by atoms with van der Waals surface area (Å²) >= 11 is 5.15. The van der Waals surface area contributed by atoms with Crippen LogP contribution in [-0.2, 0) is 4.79 Å². The normalized spacial score (nSPS) is 10.5. The molecular weight excluding hydrogens is 402 g/mol. The third-order valence-electron chi connectivity index (χ3n) is 4.90. The highest BCUT2D eigenvalue weighted by atomic mass is 32.1. The van der Waals surface area contributed by atoms with Crippen molar-refractivity contribution >= 4 is 34.6 Å². The van der Waals surface area contributed by atoms with Gasteiger partial charge in [-0.3, -0.25) is 14.9 Å². The lowest BCUT2D eigenvalue weighted by Crippen LogP contribution is -2.34. The second-order valence-electron chi connectivity index (χ2n) is 7.43. The fourth-order valence-electron chi connectivity index (χ4n) is 3.20. The number of amides is 1. The molecule has 0 saturated carbocycles. The highest BCUT2D eigenvalue weighted by molar-refractivity contribution is 7.80. The monoisotopic (exact) mass is 437 g/mol. The SMILES string of the molecule is CCCCCCCCCCCCCC(=O)NC(=S)Nc1cc([N+](=O)[O-])ccc1OC. The van der Waals surface area contributed by atoms with Gasteiger partial charge in [0.2, 0.25) is 5.91 Å². The summed E-state index contributed by atoms with van der Waals surface area (Å²) in [7, 11) is 1.46. The highest BCUT2D eigenvalue weighted by Gasteiger charge is 2.13. The molecule has 0 aliphatic carbocycles. The Kier molecular flexibility index (Phi) is 13.4. The topological polar surface area (TPSA) is 93.5 Å². The van der Waals surface area contributed by atoms with Crippen LogP contribution in [0.1, 0.15) is 84.0 Å². The molecule has 1 aromatic rings. The maximum absolute atomic E-state index is 12.1. The molecule has 2 N–H and O–H groups in total. The second-order valence-corrected chi connectivity index (χ2v) is 7.84. The van der Waals surface area contributed by atoms with Crippen LogP contribution in [0.4, 0.5) is 11.4 Å². The van der Waals surface area contributed by atoms with Crippen LogP contribution in [0.25, 0.3) is 0 Å². The number of benzene rings is 1. The van der Waals surface area contributed by atoms with Crippen LogP contribution in [-0.4, -0.2) is 23.1 Å². The standard InChI is InChI=1S/C22H35N3O4S/c1-3-4-5-6-7-8-9-10-11-12-13-14-21(26)24-22(30)23-19-17-18(25(27)28)15-16-20(19)29-2/h15-17H,3-14H2,1-2H3,(H2,23,24,26,30). The number of anilines is 1. The number of nitrogens with one attached hydrogen (secondary N) is 2. The van der Waals surface area contributed by atoms with E-state index in [4.69, 9.17) is 17.0 Å². The number of carbonyl (C=O) groups excluding carboxylic acids is 1. The number of nitro benzene ring substituents is 1. The minimum Gasteiger partial charge on any atom is -0.495 e. The molecule has 0 aliphatic rings. The number of hydrogen-bond donors (Lipinski definition) is 2. The maximum atomic E-state index is 12.1. The Morgan fingerprint density at radius 2 is 1.60 bits per heavy atom. The van der Waals surface area contributed by atoms with Crippen LogP contribution in [0.3, 0.4) is 0 Å². The molecule has 8 heteroatoms. The van der Waals surface area contributed by atoms with Crippen LogP contribution >= 0.6 is 12.2 Å². The smallest absolute Gasteiger partial charge is 0.271 e. The molecule has 30 heavy (non-hydrogen) atoms. The van der Waals surface area contributed by atoms with E-state index >= 15 is 0 Å². The first-order valence-electron chi connectivity index (χ1n) is 10.9. The van der Waals surface area contributed by atoms with Gasteiger partial charge < -0.3 is 15.4 Å². The molecule has 0 saturated heterocycles. The van der Waals surface area contributed by atoms with Crippen LogP contribution in [0.5, 0.6) is 5.75 Å². The zero-order chi connectivity index (χ0) is 22.2. The summed E-state index contributed by atoms with van der Waals surface area (Å²) in [4.78, 5) is 22.5. The fraction of sp³-hybridized carbons (Fsp3) is 0.636. The van der Waals surface area contributed by atoms with Gasteiger partial charge in [0.1, 0.15) is 5.75 Å². The number of nitrogens with zero attached hydrogens (tertiary/aromatic N) is 1. The summed E-state index contributed by atoms with van der Waals surface area (Å²) in [6.45, 7) is 2.23. The van der Waals surface area contributed by atoms with Crippen molar-refractivity contribution in [2.75, 3.05) is 12.4 Å². The summed E-state index contributed by atoms with van der Waals surface area (Å²) in [5, 5.41) is 16.5. The molecule has 0 fully saturated rings. The molecule has 0 spiro atoms. The molecule has 0 aromatic heterocycles. The minimum absolute atomic E-state index is 0.0895. The Hall–Kier alpha value is -2.22. The average molecular weight is 438 g/mol. The molecule has 0 aliphatic heterocycles. The van der Waals surface area contributed by atoms with Gasteiger partial charge in [0, 0.05) is 18.6 Å². The van der Waals surface area contributed by atoms with E-state index in [1.807, 2.05) is 0 Å². The van der Waals surface area contributed by atoms with Gasteiger partial charge in [0.05, 0.1) is 17.7 Å². The first kappa shape index (κ1) is 25.8. The van der Waals surface area contributed by atoms with E-state index in [-0.39, 0.29) is 16.7 Å². The second kappa shape index (κ2) is 15.6.